The number of aromatic nitrogens is 2. The number of methoxy groups -OCH3 is 2. The van der Waals surface area contributed by atoms with Crippen LogP contribution in [0.5, 0.6) is 17.2 Å². The summed E-state index contributed by atoms with van der Waals surface area (Å²) in [6.07, 6.45) is 5.41. The van der Waals surface area contributed by atoms with Crippen molar-refractivity contribution in [3.05, 3.63) is 96.3 Å². The smallest absolute Gasteiger partial charge is 0.161 e. The lowest BCUT2D eigenvalue weighted by Gasteiger charge is -2.13. The molecule has 0 spiro atoms. The van der Waals surface area contributed by atoms with Crippen LogP contribution in [0, 0.1) is 0 Å². The predicted molar refractivity (Wildman–Crippen MR) is 137 cm³/mol. The summed E-state index contributed by atoms with van der Waals surface area (Å²) in [4.78, 5) is 4.93. The van der Waals surface area contributed by atoms with Gasteiger partial charge in [0.2, 0.25) is 0 Å². The van der Waals surface area contributed by atoms with Crippen molar-refractivity contribution in [2.45, 2.75) is 32.2 Å². The highest BCUT2D eigenvalue weighted by molar-refractivity contribution is 5.76. The van der Waals surface area contributed by atoms with Crippen LogP contribution < -0.4 is 14.2 Å². The summed E-state index contributed by atoms with van der Waals surface area (Å²) in [6, 6.07) is 22.5. The molecule has 0 aliphatic heterocycles. The van der Waals surface area contributed by atoms with Crippen LogP contribution in [-0.4, -0.2) is 30.4 Å². The monoisotopic (exact) mass is 456 g/mol. The molecule has 0 amide bonds. The minimum Gasteiger partial charge on any atom is -0.493 e. The molecule has 3 aromatic carbocycles. The number of unbranched alkanes of at least 4 members (excludes halogenated alkanes) is 1. The Balaban J connectivity index is 1.44. The van der Waals surface area contributed by atoms with E-state index in [9.17, 15) is 0 Å². The minimum atomic E-state index is 0.686. The lowest BCUT2D eigenvalue weighted by molar-refractivity contribution is 0.301. The van der Waals surface area contributed by atoms with E-state index in [1.54, 1.807) is 14.2 Å². The van der Waals surface area contributed by atoms with Gasteiger partial charge in [0, 0.05) is 13.0 Å². The Hall–Kier alpha value is -3.73. The molecule has 176 valence electrons. The van der Waals surface area contributed by atoms with Crippen LogP contribution >= 0.6 is 0 Å². The van der Waals surface area contributed by atoms with E-state index in [-0.39, 0.29) is 0 Å². The molecule has 34 heavy (non-hydrogen) atoms. The van der Waals surface area contributed by atoms with E-state index in [0.29, 0.717) is 6.61 Å². The topological polar surface area (TPSA) is 45.5 Å². The first-order chi connectivity index (χ1) is 16.7. The Bertz CT molecular complexity index is 1250. The maximum Gasteiger partial charge on any atom is 0.161 e. The molecule has 1 aromatic heterocycles. The summed E-state index contributed by atoms with van der Waals surface area (Å²) in [7, 11) is 3.31. The minimum absolute atomic E-state index is 0.686. The third kappa shape index (κ3) is 5.42. The first-order valence-corrected chi connectivity index (χ1v) is 11.7. The van der Waals surface area contributed by atoms with E-state index < -0.39 is 0 Å². The first kappa shape index (κ1) is 23.4. The Labute approximate surface area is 201 Å². The highest BCUT2D eigenvalue weighted by atomic mass is 16.5. The highest BCUT2D eigenvalue weighted by Crippen LogP contribution is 2.29. The fraction of sp³-hybridized carbons (Fsp3) is 0.276. The Morgan fingerprint density at radius 1 is 0.882 bits per heavy atom. The van der Waals surface area contributed by atoms with Crippen LogP contribution in [0.4, 0.5) is 0 Å². The maximum atomic E-state index is 6.07. The second kappa shape index (κ2) is 11.4. The van der Waals surface area contributed by atoms with Gasteiger partial charge in [0.15, 0.2) is 11.5 Å². The molecule has 4 aromatic rings. The number of imidazole rings is 1. The summed E-state index contributed by atoms with van der Waals surface area (Å²) in [5.41, 5.74) is 4.49. The molecule has 0 N–H and O–H groups in total. The molecule has 5 nitrogen and oxygen atoms in total. The van der Waals surface area contributed by atoms with Crippen molar-refractivity contribution in [3.63, 3.8) is 0 Å². The molecular weight excluding hydrogens is 424 g/mol. The lowest BCUT2D eigenvalue weighted by Crippen LogP contribution is -2.07. The van der Waals surface area contributed by atoms with Crippen LogP contribution in [0.25, 0.3) is 11.0 Å². The normalized spacial score (nSPS) is 10.9. The standard InChI is InChI=1S/C29H32N2O3/c1-4-11-23-12-5-8-15-26(23)34-19-10-9-18-31-25-14-7-6-13-24(25)30-29(31)21-22-16-17-27(32-2)28(20-22)33-3/h4-8,12-17,20H,1,9-11,18-19,21H2,2-3H3. The van der Waals surface area contributed by atoms with Gasteiger partial charge in [0.1, 0.15) is 11.6 Å². The fourth-order valence-corrected chi connectivity index (χ4v) is 4.21. The number of aryl methyl sites for hydroxylation is 1. The van der Waals surface area contributed by atoms with E-state index in [0.717, 1.165) is 71.9 Å². The lowest BCUT2D eigenvalue weighted by atomic mass is 10.1. The summed E-state index contributed by atoms with van der Waals surface area (Å²) in [6.45, 7) is 5.42. The molecule has 4 rings (SSSR count). The zero-order valence-corrected chi connectivity index (χ0v) is 20.0. The van der Waals surface area contributed by atoms with Crippen LogP contribution in [-0.2, 0) is 19.4 Å². The molecule has 0 unspecified atom stereocenters. The number of fused-ring (bicyclic) bond motifs is 1. The van der Waals surface area contributed by atoms with Gasteiger partial charge in [-0.25, -0.2) is 4.98 Å². The van der Waals surface area contributed by atoms with Gasteiger partial charge in [-0.1, -0.05) is 42.5 Å². The van der Waals surface area contributed by atoms with E-state index in [2.05, 4.69) is 41.5 Å². The highest BCUT2D eigenvalue weighted by Gasteiger charge is 2.13. The summed E-state index contributed by atoms with van der Waals surface area (Å²) < 4.78 is 19.3. The van der Waals surface area contributed by atoms with Crippen molar-refractivity contribution < 1.29 is 14.2 Å². The van der Waals surface area contributed by atoms with Gasteiger partial charge in [0.05, 0.1) is 31.9 Å². The second-order valence-corrected chi connectivity index (χ2v) is 8.19. The summed E-state index contributed by atoms with van der Waals surface area (Å²) in [5.74, 6) is 3.46. The number of benzene rings is 3. The number of ether oxygens (including phenoxy) is 3. The van der Waals surface area contributed by atoms with Crippen molar-refractivity contribution in [1.82, 2.24) is 9.55 Å². The largest absolute Gasteiger partial charge is 0.493 e. The second-order valence-electron chi connectivity index (χ2n) is 8.19. The fourth-order valence-electron chi connectivity index (χ4n) is 4.21. The molecule has 0 aliphatic rings. The number of rotatable bonds is 12. The Morgan fingerprint density at radius 3 is 2.50 bits per heavy atom. The van der Waals surface area contributed by atoms with E-state index >= 15 is 0 Å². The number of para-hydroxylation sites is 3. The molecule has 0 atom stereocenters. The predicted octanol–water partition coefficient (Wildman–Crippen LogP) is 6.23. The van der Waals surface area contributed by atoms with Gasteiger partial charge in [-0.2, -0.15) is 0 Å². The average Bonchev–Trinajstić information content (AvgIpc) is 3.21. The van der Waals surface area contributed by atoms with E-state index in [4.69, 9.17) is 19.2 Å². The van der Waals surface area contributed by atoms with Gasteiger partial charge >= 0.3 is 0 Å². The number of allylic oxidation sites excluding steroid dienone is 1. The van der Waals surface area contributed by atoms with Crippen molar-refractivity contribution in [2.75, 3.05) is 20.8 Å². The quantitative estimate of drug-likeness (QED) is 0.187. The maximum absolute atomic E-state index is 6.07. The third-order valence-electron chi connectivity index (χ3n) is 5.91. The Morgan fingerprint density at radius 2 is 1.68 bits per heavy atom. The molecule has 5 heteroatoms. The molecule has 0 fully saturated rings. The van der Waals surface area contributed by atoms with Crippen LogP contribution in [0.3, 0.4) is 0 Å². The SMILES string of the molecule is C=CCc1ccccc1OCCCCn1c(Cc2ccc(OC)c(OC)c2)nc2ccccc21. The molecule has 0 saturated carbocycles. The zero-order chi connectivity index (χ0) is 23.8. The molecule has 0 saturated heterocycles. The van der Waals surface area contributed by atoms with Gasteiger partial charge in [-0.05, 0) is 60.7 Å². The first-order valence-electron chi connectivity index (χ1n) is 11.7. The van der Waals surface area contributed by atoms with Gasteiger partial charge in [-0.15, -0.1) is 6.58 Å². The molecule has 0 radical (unpaired) electrons. The summed E-state index contributed by atoms with van der Waals surface area (Å²) >= 11 is 0. The van der Waals surface area contributed by atoms with Crippen molar-refractivity contribution in [2.24, 2.45) is 0 Å². The molecular formula is C29H32N2O3. The van der Waals surface area contributed by atoms with Crippen molar-refractivity contribution in [3.8, 4) is 17.2 Å². The average molecular weight is 457 g/mol. The van der Waals surface area contributed by atoms with Crippen LogP contribution in [0.1, 0.15) is 29.8 Å². The van der Waals surface area contributed by atoms with E-state index in [1.165, 1.54) is 5.56 Å². The van der Waals surface area contributed by atoms with Crippen molar-refractivity contribution in [1.29, 1.82) is 0 Å². The van der Waals surface area contributed by atoms with Crippen LogP contribution in [0.2, 0.25) is 0 Å². The van der Waals surface area contributed by atoms with E-state index in [1.807, 2.05) is 42.5 Å². The summed E-state index contributed by atoms with van der Waals surface area (Å²) in [5, 5.41) is 0. The van der Waals surface area contributed by atoms with Gasteiger partial charge in [-0.3, -0.25) is 0 Å². The molecule has 0 aliphatic carbocycles. The number of hydrogen-bond acceptors (Lipinski definition) is 4. The van der Waals surface area contributed by atoms with Crippen LogP contribution in [0.15, 0.2) is 79.4 Å². The molecule has 0 bridgehead atoms. The molecule has 1 heterocycles. The Kier molecular flexibility index (Phi) is 7.87. The number of nitrogens with zero attached hydrogens (tertiary/aromatic N) is 2. The van der Waals surface area contributed by atoms with Gasteiger partial charge < -0.3 is 18.8 Å². The van der Waals surface area contributed by atoms with Crippen molar-refractivity contribution >= 4 is 11.0 Å². The number of hydrogen-bond donors (Lipinski definition) is 0. The van der Waals surface area contributed by atoms with Gasteiger partial charge in [0.25, 0.3) is 0 Å². The zero-order valence-electron chi connectivity index (χ0n) is 20.0. The third-order valence-corrected chi connectivity index (χ3v) is 5.91.